The second-order valence-corrected chi connectivity index (χ2v) is 7.72. The minimum absolute atomic E-state index is 0.307. The number of hydrogen-bond acceptors (Lipinski definition) is 7. The Balaban J connectivity index is 1.17. The van der Waals surface area contributed by atoms with Gasteiger partial charge < -0.3 is 25.0 Å². The molecule has 2 aliphatic rings. The number of rotatable bonds is 11. The van der Waals surface area contributed by atoms with Gasteiger partial charge in [0.15, 0.2) is 5.96 Å². The molecule has 0 aliphatic carbocycles. The van der Waals surface area contributed by atoms with Crippen LogP contribution in [0.5, 0.6) is 0 Å². The lowest BCUT2D eigenvalue weighted by atomic mass is 10.2. The molecule has 9 nitrogen and oxygen atoms in total. The van der Waals surface area contributed by atoms with Gasteiger partial charge >= 0.3 is 0 Å². The van der Waals surface area contributed by atoms with E-state index in [-0.39, 0.29) is 0 Å². The smallest absolute Gasteiger partial charge is 0.225 e. The zero-order valence-electron chi connectivity index (χ0n) is 18.3. The Hall–Kier alpha value is -1.97. The van der Waals surface area contributed by atoms with E-state index in [0.717, 1.165) is 103 Å². The van der Waals surface area contributed by atoms with Crippen LogP contribution in [-0.2, 0) is 9.47 Å². The molecule has 0 spiro atoms. The first kappa shape index (κ1) is 22.7. The number of ether oxygens (including phenoxy) is 2. The fraction of sp³-hybridized carbons (Fsp3) is 0.762. The number of nitrogens with zero attached hydrogens (tertiary/aromatic N) is 5. The van der Waals surface area contributed by atoms with E-state index in [9.17, 15) is 0 Å². The number of aromatic nitrogens is 2. The first-order chi connectivity index (χ1) is 14.8. The van der Waals surface area contributed by atoms with E-state index in [1.54, 1.807) is 12.4 Å². The van der Waals surface area contributed by atoms with E-state index in [1.165, 1.54) is 0 Å². The Morgan fingerprint density at radius 3 is 2.63 bits per heavy atom. The lowest BCUT2D eigenvalue weighted by molar-refractivity contribution is 0.0168. The summed E-state index contributed by atoms with van der Waals surface area (Å²) in [4.78, 5) is 17.7. The molecule has 1 aromatic rings. The maximum atomic E-state index is 5.69. The maximum Gasteiger partial charge on any atom is 0.225 e. The highest BCUT2D eigenvalue weighted by molar-refractivity contribution is 5.79. The summed E-state index contributed by atoms with van der Waals surface area (Å²) >= 11 is 0. The van der Waals surface area contributed by atoms with E-state index < -0.39 is 0 Å². The molecule has 168 valence electrons. The average molecular weight is 420 g/mol. The summed E-state index contributed by atoms with van der Waals surface area (Å²) in [6, 6.07) is 1.86. The summed E-state index contributed by atoms with van der Waals surface area (Å²) in [5.74, 6) is 1.70. The van der Waals surface area contributed by atoms with Crippen LogP contribution in [0.4, 0.5) is 5.95 Å². The van der Waals surface area contributed by atoms with Gasteiger partial charge in [0.25, 0.3) is 0 Å². The third kappa shape index (κ3) is 8.04. The van der Waals surface area contributed by atoms with Gasteiger partial charge in [0.2, 0.25) is 5.95 Å². The molecule has 2 aliphatic heterocycles. The van der Waals surface area contributed by atoms with Crippen molar-refractivity contribution in [3.05, 3.63) is 18.5 Å². The molecule has 0 amide bonds. The van der Waals surface area contributed by atoms with Crippen LogP contribution in [0.3, 0.4) is 0 Å². The summed E-state index contributed by atoms with van der Waals surface area (Å²) in [5.41, 5.74) is 0. The number of anilines is 1. The molecule has 30 heavy (non-hydrogen) atoms. The summed E-state index contributed by atoms with van der Waals surface area (Å²) in [5, 5.41) is 6.75. The van der Waals surface area contributed by atoms with Gasteiger partial charge in [-0.2, -0.15) is 0 Å². The van der Waals surface area contributed by atoms with Crippen molar-refractivity contribution >= 4 is 11.9 Å². The third-order valence-electron chi connectivity index (χ3n) is 5.46. The molecule has 2 N–H and O–H groups in total. The monoisotopic (exact) mass is 419 g/mol. The Kier molecular flexibility index (Phi) is 10.1. The highest BCUT2D eigenvalue weighted by Crippen LogP contribution is 2.12. The SMILES string of the molecule is CN=C(NCCCOCC1CCCO1)NCCCN1CCN(c2ncccn2)CC1. The molecule has 2 fully saturated rings. The second kappa shape index (κ2) is 13.4. The molecule has 3 heterocycles. The van der Waals surface area contributed by atoms with Crippen molar-refractivity contribution < 1.29 is 9.47 Å². The number of guanidine groups is 1. The molecule has 1 unspecified atom stereocenters. The standard InChI is InChI=1S/C21H37N7O2/c1-22-20(24-10-5-16-29-18-19-6-2-17-30-19)23-9-4-11-27-12-14-28(15-13-27)21-25-7-3-8-26-21/h3,7-8,19H,2,4-6,9-18H2,1H3,(H2,22,23,24). The number of aliphatic imine (C=N–C) groups is 1. The van der Waals surface area contributed by atoms with E-state index in [0.29, 0.717) is 6.10 Å². The normalized spacial score (nSPS) is 20.5. The predicted molar refractivity (Wildman–Crippen MR) is 119 cm³/mol. The molecule has 0 saturated carbocycles. The van der Waals surface area contributed by atoms with Crippen LogP contribution in [0, 0.1) is 0 Å². The van der Waals surface area contributed by atoms with Crippen LogP contribution in [0.1, 0.15) is 25.7 Å². The van der Waals surface area contributed by atoms with Gasteiger partial charge in [-0.15, -0.1) is 0 Å². The zero-order chi connectivity index (χ0) is 20.9. The number of nitrogens with one attached hydrogen (secondary N) is 2. The topological polar surface area (TPSA) is 87.1 Å². The van der Waals surface area contributed by atoms with Crippen molar-refractivity contribution in [2.75, 3.05) is 77.6 Å². The Bertz CT molecular complexity index is 603. The molecule has 3 rings (SSSR count). The lowest BCUT2D eigenvalue weighted by Crippen LogP contribution is -2.47. The van der Waals surface area contributed by atoms with Crippen molar-refractivity contribution in [3.8, 4) is 0 Å². The second-order valence-electron chi connectivity index (χ2n) is 7.72. The molecular weight excluding hydrogens is 382 g/mol. The van der Waals surface area contributed by atoms with Crippen LogP contribution in [0.15, 0.2) is 23.5 Å². The number of hydrogen-bond donors (Lipinski definition) is 2. The van der Waals surface area contributed by atoms with Crippen LogP contribution >= 0.6 is 0 Å². The molecular formula is C21H37N7O2. The van der Waals surface area contributed by atoms with Gasteiger partial charge in [0.1, 0.15) is 0 Å². The maximum absolute atomic E-state index is 5.69. The zero-order valence-corrected chi connectivity index (χ0v) is 18.3. The highest BCUT2D eigenvalue weighted by atomic mass is 16.5. The molecule has 0 aromatic carbocycles. The van der Waals surface area contributed by atoms with Crippen LogP contribution in [0.25, 0.3) is 0 Å². The quantitative estimate of drug-likeness (QED) is 0.309. The minimum Gasteiger partial charge on any atom is -0.379 e. The van der Waals surface area contributed by atoms with Crippen molar-refractivity contribution in [2.45, 2.75) is 31.8 Å². The lowest BCUT2D eigenvalue weighted by Gasteiger charge is -2.34. The van der Waals surface area contributed by atoms with Gasteiger partial charge in [0, 0.05) is 71.9 Å². The molecule has 2 saturated heterocycles. The minimum atomic E-state index is 0.307. The molecule has 1 aromatic heterocycles. The van der Waals surface area contributed by atoms with Gasteiger partial charge in [-0.05, 0) is 38.3 Å². The summed E-state index contributed by atoms with van der Waals surface area (Å²) in [6.45, 7) is 9.29. The van der Waals surface area contributed by atoms with Crippen molar-refractivity contribution in [2.24, 2.45) is 4.99 Å². The Morgan fingerprint density at radius 2 is 1.93 bits per heavy atom. The third-order valence-corrected chi connectivity index (χ3v) is 5.46. The summed E-state index contributed by atoms with van der Waals surface area (Å²) < 4.78 is 11.3. The van der Waals surface area contributed by atoms with E-state index in [1.807, 2.05) is 13.1 Å². The molecule has 0 bridgehead atoms. The van der Waals surface area contributed by atoms with Gasteiger partial charge in [0.05, 0.1) is 12.7 Å². The first-order valence-electron chi connectivity index (χ1n) is 11.2. The van der Waals surface area contributed by atoms with Crippen LogP contribution in [0.2, 0.25) is 0 Å². The van der Waals surface area contributed by atoms with Crippen LogP contribution in [-0.4, -0.2) is 99.6 Å². The van der Waals surface area contributed by atoms with Gasteiger partial charge in [-0.1, -0.05) is 0 Å². The Labute approximate surface area is 180 Å². The first-order valence-corrected chi connectivity index (χ1v) is 11.2. The van der Waals surface area contributed by atoms with Crippen molar-refractivity contribution in [1.82, 2.24) is 25.5 Å². The highest BCUT2D eigenvalue weighted by Gasteiger charge is 2.18. The fourth-order valence-electron chi connectivity index (χ4n) is 3.73. The Morgan fingerprint density at radius 1 is 1.17 bits per heavy atom. The van der Waals surface area contributed by atoms with Crippen molar-refractivity contribution in [3.63, 3.8) is 0 Å². The molecule has 1 atom stereocenters. The predicted octanol–water partition coefficient (Wildman–Crippen LogP) is 0.739. The molecule has 9 heteroatoms. The van der Waals surface area contributed by atoms with E-state index in [4.69, 9.17) is 9.47 Å². The van der Waals surface area contributed by atoms with Crippen LogP contribution < -0.4 is 15.5 Å². The van der Waals surface area contributed by atoms with Gasteiger partial charge in [-0.3, -0.25) is 9.89 Å². The fourth-order valence-corrected chi connectivity index (χ4v) is 3.73. The van der Waals surface area contributed by atoms with Crippen molar-refractivity contribution in [1.29, 1.82) is 0 Å². The van der Waals surface area contributed by atoms with Gasteiger partial charge in [-0.25, -0.2) is 9.97 Å². The van der Waals surface area contributed by atoms with E-state index in [2.05, 4.69) is 35.4 Å². The summed E-state index contributed by atoms with van der Waals surface area (Å²) in [7, 11) is 1.81. The van der Waals surface area contributed by atoms with E-state index >= 15 is 0 Å². The largest absolute Gasteiger partial charge is 0.379 e. The number of piperazine rings is 1. The molecule has 0 radical (unpaired) electrons. The average Bonchev–Trinajstić information content (AvgIpc) is 3.32. The summed E-state index contributed by atoms with van der Waals surface area (Å²) in [6.07, 6.45) is 8.26.